The average Bonchev–Trinajstić information content (AvgIpc) is 3.28. The Hall–Kier alpha value is -2.30. The molecule has 1 aromatic heterocycles. The summed E-state index contributed by atoms with van der Waals surface area (Å²) in [5, 5.41) is 6.72. The third kappa shape index (κ3) is 2.91. The quantitative estimate of drug-likeness (QED) is 0.816. The summed E-state index contributed by atoms with van der Waals surface area (Å²) in [6.45, 7) is 0.920. The van der Waals surface area contributed by atoms with E-state index in [-0.39, 0.29) is 17.7 Å². The molecule has 3 rings (SSSR count). The van der Waals surface area contributed by atoms with Crippen LogP contribution in [0.15, 0.2) is 30.3 Å². The molecule has 2 aromatic rings. The summed E-state index contributed by atoms with van der Waals surface area (Å²) >= 11 is 0. The van der Waals surface area contributed by atoms with Gasteiger partial charge in [-0.25, -0.2) is 0 Å². The molecule has 1 heterocycles. The molecule has 0 spiro atoms. The summed E-state index contributed by atoms with van der Waals surface area (Å²) in [6, 6.07) is 9.77. The highest BCUT2D eigenvalue weighted by atomic mass is 16.2. The molecule has 1 aliphatic rings. The molecule has 0 saturated heterocycles. The zero-order valence-electron chi connectivity index (χ0n) is 12.1. The second-order valence-corrected chi connectivity index (χ2v) is 5.47. The maximum atomic E-state index is 12.2. The minimum absolute atomic E-state index is 0.105. The lowest BCUT2D eigenvalue weighted by Crippen LogP contribution is -2.35. The van der Waals surface area contributed by atoms with Crippen LogP contribution < -0.4 is 10.6 Å². The Kier molecular flexibility index (Phi) is 3.64. The number of aromatic nitrogens is 1. The van der Waals surface area contributed by atoms with E-state index in [4.69, 9.17) is 0 Å². The summed E-state index contributed by atoms with van der Waals surface area (Å²) in [5.74, 6) is 0.196. The van der Waals surface area contributed by atoms with Crippen molar-refractivity contribution in [1.82, 2.24) is 15.2 Å². The van der Waals surface area contributed by atoms with Gasteiger partial charge >= 0.3 is 0 Å². The van der Waals surface area contributed by atoms with Gasteiger partial charge in [-0.3, -0.25) is 9.59 Å². The lowest BCUT2D eigenvalue weighted by atomic mass is 10.2. The maximum Gasteiger partial charge on any atom is 0.267 e. The summed E-state index contributed by atoms with van der Waals surface area (Å²) in [5.41, 5.74) is 1.66. The molecule has 0 unspecified atom stereocenters. The number of fused-ring (bicyclic) bond motifs is 1. The molecule has 1 aliphatic carbocycles. The predicted octanol–water partition coefficient (Wildman–Crippen LogP) is 1.43. The Bertz CT molecular complexity index is 686. The van der Waals surface area contributed by atoms with Crippen LogP contribution in [0.3, 0.4) is 0 Å². The highest BCUT2D eigenvalue weighted by molar-refractivity contribution is 5.98. The molecule has 110 valence electrons. The Labute approximate surface area is 123 Å². The molecular weight excluding hydrogens is 266 g/mol. The van der Waals surface area contributed by atoms with E-state index in [0.717, 1.165) is 23.7 Å². The molecule has 0 radical (unpaired) electrons. The van der Waals surface area contributed by atoms with Crippen molar-refractivity contribution in [2.45, 2.75) is 12.8 Å². The molecular formula is C16H19N3O2. The molecule has 1 saturated carbocycles. The normalized spacial score (nSPS) is 14.1. The fraction of sp³-hybridized carbons (Fsp3) is 0.375. The van der Waals surface area contributed by atoms with Gasteiger partial charge in [-0.1, -0.05) is 18.2 Å². The van der Waals surface area contributed by atoms with Gasteiger partial charge in [-0.15, -0.1) is 0 Å². The Morgan fingerprint density at radius 2 is 1.90 bits per heavy atom. The number of nitrogens with one attached hydrogen (secondary N) is 2. The van der Waals surface area contributed by atoms with Gasteiger partial charge in [-0.05, 0) is 25.0 Å². The molecule has 0 bridgehead atoms. The van der Waals surface area contributed by atoms with E-state index >= 15 is 0 Å². The summed E-state index contributed by atoms with van der Waals surface area (Å²) < 4.78 is 1.88. The maximum absolute atomic E-state index is 12.2. The van der Waals surface area contributed by atoms with Gasteiger partial charge in [-0.2, -0.15) is 0 Å². The van der Waals surface area contributed by atoms with E-state index < -0.39 is 0 Å². The largest absolute Gasteiger partial charge is 0.354 e. The van der Waals surface area contributed by atoms with Crippen molar-refractivity contribution in [1.29, 1.82) is 0 Å². The molecule has 0 aliphatic heterocycles. The number of carbonyl (C=O) groups is 2. The van der Waals surface area contributed by atoms with Crippen LogP contribution in [0, 0.1) is 5.92 Å². The molecule has 1 aromatic carbocycles. The zero-order chi connectivity index (χ0) is 14.8. The molecule has 1 fully saturated rings. The van der Waals surface area contributed by atoms with Gasteiger partial charge in [0.05, 0.1) is 0 Å². The lowest BCUT2D eigenvalue weighted by molar-refractivity contribution is -0.122. The molecule has 2 amide bonds. The van der Waals surface area contributed by atoms with E-state index in [1.165, 1.54) is 0 Å². The van der Waals surface area contributed by atoms with Gasteiger partial charge in [0.2, 0.25) is 5.91 Å². The number of hydrogen-bond acceptors (Lipinski definition) is 2. The number of benzene rings is 1. The van der Waals surface area contributed by atoms with Crippen LogP contribution in [-0.2, 0) is 11.8 Å². The fourth-order valence-corrected chi connectivity index (χ4v) is 2.45. The highest BCUT2D eigenvalue weighted by Crippen LogP contribution is 2.28. The van der Waals surface area contributed by atoms with Crippen LogP contribution in [-0.4, -0.2) is 29.5 Å². The number of nitrogens with zero attached hydrogens (tertiary/aromatic N) is 1. The first-order chi connectivity index (χ1) is 10.2. The predicted molar refractivity (Wildman–Crippen MR) is 81.0 cm³/mol. The van der Waals surface area contributed by atoms with Crippen molar-refractivity contribution in [2.24, 2.45) is 13.0 Å². The number of aryl methyl sites for hydroxylation is 1. The third-order valence-corrected chi connectivity index (χ3v) is 3.84. The Morgan fingerprint density at radius 3 is 2.62 bits per heavy atom. The van der Waals surface area contributed by atoms with Crippen LogP contribution >= 0.6 is 0 Å². The van der Waals surface area contributed by atoms with E-state index in [2.05, 4.69) is 10.6 Å². The molecule has 2 N–H and O–H groups in total. The van der Waals surface area contributed by atoms with Crippen LogP contribution in [0.1, 0.15) is 23.3 Å². The number of para-hydroxylation sites is 1. The van der Waals surface area contributed by atoms with Crippen molar-refractivity contribution >= 4 is 22.7 Å². The number of carbonyl (C=O) groups excluding carboxylic acids is 2. The topological polar surface area (TPSA) is 63.1 Å². The van der Waals surface area contributed by atoms with Crippen LogP contribution in [0.25, 0.3) is 10.9 Å². The smallest absolute Gasteiger partial charge is 0.267 e. The monoisotopic (exact) mass is 285 g/mol. The molecule has 21 heavy (non-hydrogen) atoms. The first kappa shape index (κ1) is 13.7. The van der Waals surface area contributed by atoms with Crippen LogP contribution in [0.4, 0.5) is 0 Å². The van der Waals surface area contributed by atoms with Crippen molar-refractivity contribution in [2.75, 3.05) is 13.1 Å². The summed E-state index contributed by atoms with van der Waals surface area (Å²) in [4.78, 5) is 23.6. The average molecular weight is 285 g/mol. The summed E-state index contributed by atoms with van der Waals surface area (Å²) in [6.07, 6.45) is 1.99. The highest BCUT2D eigenvalue weighted by Gasteiger charge is 2.29. The second-order valence-electron chi connectivity index (χ2n) is 5.47. The fourth-order valence-electron chi connectivity index (χ4n) is 2.45. The van der Waals surface area contributed by atoms with Crippen molar-refractivity contribution in [3.63, 3.8) is 0 Å². The zero-order valence-corrected chi connectivity index (χ0v) is 12.1. The minimum atomic E-state index is -0.116. The van der Waals surface area contributed by atoms with Gasteiger partial charge in [0.1, 0.15) is 5.69 Å². The Morgan fingerprint density at radius 1 is 1.19 bits per heavy atom. The van der Waals surface area contributed by atoms with Crippen molar-refractivity contribution in [3.05, 3.63) is 36.0 Å². The number of hydrogen-bond donors (Lipinski definition) is 2. The van der Waals surface area contributed by atoms with Crippen molar-refractivity contribution in [3.8, 4) is 0 Å². The minimum Gasteiger partial charge on any atom is -0.354 e. The Balaban J connectivity index is 1.56. The van der Waals surface area contributed by atoms with Crippen molar-refractivity contribution < 1.29 is 9.59 Å². The SMILES string of the molecule is Cn1c(C(=O)NCCNC(=O)C2CC2)cc2ccccc21. The third-order valence-electron chi connectivity index (χ3n) is 3.84. The number of amides is 2. The first-order valence-corrected chi connectivity index (χ1v) is 7.27. The molecule has 5 nitrogen and oxygen atoms in total. The number of rotatable bonds is 5. The summed E-state index contributed by atoms with van der Waals surface area (Å²) in [7, 11) is 1.88. The van der Waals surface area contributed by atoms with Crippen LogP contribution in [0.2, 0.25) is 0 Å². The van der Waals surface area contributed by atoms with E-state index in [1.54, 1.807) is 0 Å². The van der Waals surface area contributed by atoms with E-state index in [1.807, 2.05) is 41.9 Å². The van der Waals surface area contributed by atoms with Gasteiger partial charge in [0, 0.05) is 37.0 Å². The van der Waals surface area contributed by atoms with Gasteiger partial charge in [0.25, 0.3) is 5.91 Å². The van der Waals surface area contributed by atoms with Gasteiger partial charge < -0.3 is 15.2 Å². The standard InChI is InChI=1S/C16H19N3O2/c1-19-13-5-3-2-4-12(13)10-14(19)16(21)18-9-8-17-15(20)11-6-7-11/h2-5,10-11H,6-9H2,1H3,(H,17,20)(H,18,21). The lowest BCUT2D eigenvalue weighted by Gasteiger charge is -2.07. The molecule has 0 atom stereocenters. The van der Waals surface area contributed by atoms with E-state index in [9.17, 15) is 9.59 Å². The second kappa shape index (κ2) is 5.60. The van der Waals surface area contributed by atoms with E-state index in [0.29, 0.717) is 18.8 Å². The van der Waals surface area contributed by atoms with Crippen LogP contribution in [0.5, 0.6) is 0 Å². The first-order valence-electron chi connectivity index (χ1n) is 7.27. The molecule has 5 heteroatoms. The van der Waals surface area contributed by atoms with Gasteiger partial charge in [0.15, 0.2) is 0 Å².